The second kappa shape index (κ2) is 5.08. The van der Waals surface area contributed by atoms with Crippen LogP contribution in [0.25, 0.3) is 0 Å². The molecule has 0 aromatic carbocycles. The number of rotatable bonds is 2. The van der Waals surface area contributed by atoms with Crippen LogP contribution in [0.3, 0.4) is 0 Å². The van der Waals surface area contributed by atoms with Gasteiger partial charge < -0.3 is 4.90 Å². The van der Waals surface area contributed by atoms with E-state index in [1.807, 2.05) is 0 Å². The number of aromatic nitrogens is 1. The van der Waals surface area contributed by atoms with Crippen molar-refractivity contribution >= 4 is 17.4 Å². The predicted molar refractivity (Wildman–Crippen MR) is 76.5 cm³/mol. The average molecular weight is 265 g/mol. The maximum atomic E-state index is 6.19. The van der Waals surface area contributed by atoms with E-state index in [2.05, 4.69) is 24.0 Å². The molecular weight excluding hydrogens is 244 g/mol. The Morgan fingerprint density at radius 3 is 2.78 bits per heavy atom. The maximum absolute atomic E-state index is 6.19. The van der Waals surface area contributed by atoms with Crippen LogP contribution in [0, 0.1) is 5.92 Å². The van der Waals surface area contributed by atoms with Gasteiger partial charge >= 0.3 is 0 Å². The Labute approximate surface area is 114 Å². The van der Waals surface area contributed by atoms with E-state index in [0.717, 1.165) is 13.1 Å². The molecule has 18 heavy (non-hydrogen) atoms. The first kappa shape index (κ1) is 12.3. The summed E-state index contributed by atoms with van der Waals surface area (Å²) >= 11 is 6.19. The first-order chi connectivity index (χ1) is 8.74. The molecule has 1 fully saturated rings. The molecule has 0 bridgehead atoms. The zero-order valence-electron chi connectivity index (χ0n) is 11.0. The van der Waals surface area contributed by atoms with Crippen molar-refractivity contribution in [2.24, 2.45) is 5.92 Å². The first-order valence-electron chi connectivity index (χ1n) is 7.12. The van der Waals surface area contributed by atoms with Gasteiger partial charge in [0.05, 0.1) is 0 Å². The third-order valence-corrected chi connectivity index (χ3v) is 4.78. The molecule has 2 aliphatic rings. The zero-order chi connectivity index (χ0) is 12.5. The number of nitrogens with zero attached hydrogens (tertiary/aromatic N) is 2. The highest BCUT2D eigenvalue weighted by atomic mass is 35.5. The molecule has 3 heteroatoms. The summed E-state index contributed by atoms with van der Waals surface area (Å²) in [5.41, 5.74) is 2.79. The van der Waals surface area contributed by atoms with Crippen molar-refractivity contribution in [3.63, 3.8) is 0 Å². The van der Waals surface area contributed by atoms with Crippen LogP contribution in [-0.2, 0) is 12.8 Å². The van der Waals surface area contributed by atoms with Crippen molar-refractivity contribution in [1.29, 1.82) is 0 Å². The molecule has 0 spiro atoms. The summed E-state index contributed by atoms with van der Waals surface area (Å²) in [5, 5.41) is 0.306. The van der Waals surface area contributed by atoms with E-state index in [-0.39, 0.29) is 0 Å². The smallest absolute Gasteiger partial charge is 0.128 e. The summed E-state index contributed by atoms with van der Waals surface area (Å²) in [6, 6.07) is 4.48. The Morgan fingerprint density at radius 1 is 1.28 bits per heavy atom. The largest absolute Gasteiger partial charge is 0.357 e. The number of anilines is 1. The number of fused-ring (bicyclic) bond motifs is 1. The molecule has 98 valence electrons. The molecule has 2 heterocycles. The van der Waals surface area contributed by atoms with Gasteiger partial charge in [-0.05, 0) is 56.6 Å². The summed E-state index contributed by atoms with van der Waals surface area (Å²) in [5.74, 6) is 1.86. The van der Waals surface area contributed by atoms with Crippen LogP contribution in [0.1, 0.15) is 37.4 Å². The van der Waals surface area contributed by atoms with Crippen LogP contribution >= 0.6 is 11.6 Å². The second-order valence-electron chi connectivity index (χ2n) is 5.63. The molecule has 1 saturated heterocycles. The lowest BCUT2D eigenvalue weighted by atomic mass is 9.94. The summed E-state index contributed by atoms with van der Waals surface area (Å²) < 4.78 is 0. The quantitative estimate of drug-likeness (QED) is 0.761. The molecule has 0 saturated carbocycles. The fourth-order valence-corrected chi connectivity index (χ4v) is 3.43. The van der Waals surface area contributed by atoms with Gasteiger partial charge in [-0.15, -0.1) is 11.6 Å². The van der Waals surface area contributed by atoms with Gasteiger partial charge in [-0.1, -0.05) is 6.07 Å². The van der Waals surface area contributed by atoms with Crippen LogP contribution in [0.2, 0.25) is 0 Å². The van der Waals surface area contributed by atoms with Crippen molar-refractivity contribution in [3.05, 3.63) is 23.4 Å². The highest BCUT2D eigenvalue weighted by molar-refractivity contribution is 6.20. The van der Waals surface area contributed by atoms with Crippen molar-refractivity contribution in [2.45, 2.75) is 44.4 Å². The fourth-order valence-electron chi connectivity index (χ4n) is 3.17. The van der Waals surface area contributed by atoms with Gasteiger partial charge in [0.1, 0.15) is 5.82 Å². The molecule has 1 unspecified atom stereocenters. The highest BCUT2D eigenvalue weighted by Gasteiger charge is 2.24. The zero-order valence-corrected chi connectivity index (χ0v) is 11.8. The lowest BCUT2D eigenvalue weighted by Crippen LogP contribution is -2.36. The summed E-state index contributed by atoms with van der Waals surface area (Å²) in [6.45, 7) is 4.33. The molecule has 0 amide bonds. The van der Waals surface area contributed by atoms with Crippen molar-refractivity contribution in [1.82, 2.24) is 4.98 Å². The number of piperidine rings is 1. The molecule has 1 aliphatic heterocycles. The standard InChI is InChI=1S/C15H21ClN2/c1-11(16)12-7-9-18(10-8-12)15-6-5-13-3-2-4-14(13)17-15/h5-6,11-12H,2-4,7-10H2,1H3. The molecule has 1 aromatic rings. The minimum atomic E-state index is 0.306. The Balaban J connectivity index is 1.69. The van der Waals surface area contributed by atoms with Crippen LogP contribution in [0.4, 0.5) is 5.82 Å². The normalized spacial score (nSPS) is 22.0. The van der Waals surface area contributed by atoms with Crippen LogP contribution in [-0.4, -0.2) is 23.5 Å². The molecule has 1 atom stereocenters. The van der Waals surface area contributed by atoms with Crippen molar-refractivity contribution in [2.75, 3.05) is 18.0 Å². The van der Waals surface area contributed by atoms with Gasteiger partial charge in [0.25, 0.3) is 0 Å². The summed E-state index contributed by atoms with van der Waals surface area (Å²) in [4.78, 5) is 7.26. The van der Waals surface area contributed by atoms with E-state index < -0.39 is 0 Å². The van der Waals surface area contributed by atoms with Crippen molar-refractivity contribution in [3.8, 4) is 0 Å². The van der Waals surface area contributed by atoms with E-state index in [0.29, 0.717) is 11.3 Å². The van der Waals surface area contributed by atoms with E-state index in [4.69, 9.17) is 16.6 Å². The Morgan fingerprint density at radius 2 is 2.06 bits per heavy atom. The molecular formula is C15H21ClN2. The minimum absolute atomic E-state index is 0.306. The van der Waals surface area contributed by atoms with E-state index in [9.17, 15) is 0 Å². The van der Waals surface area contributed by atoms with Gasteiger partial charge in [-0.3, -0.25) is 0 Å². The number of pyridine rings is 1. The average Bonchev–Trinajstić information content (AvgIpc) is 2.86. The molecule has 2 nitrogen and oxygen atoms in total. The van der Waals surface area contributed by atoms with Gasteiger partial charge in [0.15, 0.2) is 0 Å². The maximum Gasteiger partial charge on any atom is 0.128 e. The molecule has 0 N–H and O–H groups in total. The molecule has 3 rings (SSSR count). The van der Waals surface area contributed by atoms with E-state index >= 15 is 0 Å². The fraction of sp³-hybridized carbons (Fsp3) is 0.667. The number of aryl methyl sites for hydroxylation is 2. The number of hydrogen-bond donors (Lipinski definition) is 0. The highest BCUT2D eigenvalue weighted by Crippen LogP contribution is 2.28. The lowest BCUT2D eigenvalue weighted by Gasteiger charge is -2.34. The topological polar surface area (TPSA) is 16.1 Å². The number of halogens is 1. The second-order valence-corrected chi connectivity index (χ2v) is 6.32. The third-order valence-electron chi connectivity index (χ3n) is 4.43. The number of alkyl halides is 1. The first-order valence-corrected chi connectivity index (χ1v) is 7.55. The third kappa shape index (κ3) is 2.35. The minimum Gasteiger partial charge on any atom is -0.357 e. The SMILES string of the molecule is CC(Cl)C1CCN(c2ccc3c(n2)CCC3)CC1. The van der Waals surface area contributed by atoms with E-state index in [1.54, 1.807) is 0 Å². The van der Waals surface area contributed by atoms with Crippen molar-refractivity contribution < 1.29 is 0 Å². The predicted octanol–water partition coefficient (Wildman–Crippen LogP) is 3.41. The van der Waals surface area contributed by atoms with Gasteiger partial charge in [0, 0.05) is 24.2 Å². The van der Waals surface area contributed by atoms with E-state index in [1.165, 1.54) is 49.2 Å². The van der Waals surface area contributed by atoms with Gasteiger partial charge in [-0.2, -0.15) is 0 Å². The van der Waals surface area contributed by atoms with Crippen LogP contribution in [0.15, 0.2) is 12.1 Å². The summed E-state index contributed by atoms with van der Waals surface area (Å²) in [7, 11) is 0. The molecule has 0 radical (unpaired) electrons. The molecule has 1 aromatic heterocycles. The monoisotopic (exact) mass is 264 g/mol. The Kier molecular flexibility index (Phi) is 3.47. The van der Waals surface area contributed by atoms with Gasteiger partial charge in [0.2, 0.25) is 0 Å². The summed E-state index contributed by atoms with van der Waals surface area (Å²) in [6.07, 6.45) is 6.05. The Bertz CT molecular complexity index is 423. The molecule has 1 aliphatic carbocycles. The van der Waals surface area contributed by atoms with Crippen LogP contribution in [0.5, 0.6) is 0 Å². The Hall–Kier alpha value is -0.760. The van der Waals surface area contributed by atoms with Crippen LogP contribution < -0.4 is 4.90 Å². The number of hydrogen-bond acceptors (Lipinski definition) is 2. The lowest BCUT2D eigenvalue weighted by molar-refractivity contribution is 0.398. The van der Waals surface area contributed by atoms with Gasteiger partial charge in [-0.25, -0.2) is 4.98 Å².